The Kier molecular flexibility index (Phi) is 5.62. The minimum atomic E-state index is -0.0247. The van der Waals surface area contributed by atoms with E-state index in [2.05, 4.69) is 15.6 Å². The van der Waals surface area contributed by atoms with Crippen LogP contribution in [-0.2, 0) is 14.3 Å². The van der Waals surface area contributed by atoms with Gasteiger partial charge in [0, 0.05) is 37.1 Å². The van der Waals surface area contributed by atoms with Gasteiger partial charge in [0.1, 0.15) is 0 Å². The number of carbonyl (C=O) groups excluding carboxylic acids is 1. The van der Waals surface area contributed by atoms with Crippen molar-refractivity contribution in [2.24, 2.45) is 22.2 Å². The van der Waals surface area contributed by atoms with Crippen LogP contribution in [0.4, 0.5) is 0 Å². The number of rotatable bonds is 4. The Balaban J connectivity index is 1.31. The van der Waals surface area contributed by atoms with Crippen molar-refractivity contribution < 1.29 is 14.3 Å². The van der Waals surface area contributed by atoms with E-state index in [1.807, 2.05) is 14.0 Å². The number of fused-ring (bicyclic) bond motifs is 2. The van der Waals surface area contributed by atoms with Gasteiger partial charge in [-0.3, -0.25) is 9.79 Å². The Morgan fingerprint density at radius 2 is 1.89 bits per heavy atom. The lowest BCUT2D eigenvalue weighted by Crippen LogP contribution is -2.69. The quantitative estimate of drug-likeness (QED) is 0.448. The Labute approximate surface area is 162 Å². The molecule has 1 aliphatic heterocycles. The monoisotopic (exact) mass is 377 g/mol. The highest BCUT2D eigenvalue weighted by molar-refractivity contribution is 5.80. The molecule has 1 spiro atoms. The average molecular weight is 378 g/mol. The van der Waals surface area contributed by atoms with Crippen LogP contribution in [0.1, 0.15) is 64.7 Å². The maximum absolute atomic E-state index is 11.9. The van der Waals surface area contributed by atoms with E-state index in [1.54, 1.807) is 0 Å². The van der Waals surface area contributed by atoms with Crippen LogP contribution in [0.3, 0.4) is 0 Å². The van der Waals surface area contributed by atoms with Gasteiger partial charge >= 0.3 is 5.97 Å². The summed E-state index contributed by atoms with van der Waals surface area (Å²) in [6, 6.07) is 0.881. The van der Waals surface area contributed by atoms with Crippen LogP contribution >= 0.6 is 0 Å². The largest absolute Gasteiger partial charge is 0.466 e. The summed E-state index contributed by atoms with van der Waals surface area (Å²) in [4.78, 5) is 16.5. The fourth-order valence-electron chi connectivity index (χ4n) is 6.15. The van der Waals surface area contributed by atoms with Crippen molar-refractivity contribution in [1.29, 1.82) is 0 Å². The summed E-state index contributed by atoms with van der Waals surface area (Å²) in [5, 5.41) is 7.40. The molecular weight excluding hydrogens is 342 g/mol. The fourth-order valence-corrected chi connectivity index (χ4v) is 6.15. The topological polar surface area (TPSA) is 72.0 Å². The van der Waals surface area contributed by atoms with Gasteiger partial charge in [-0.25, -0.2) is 0 Å². The van der Waals surface area contributed by atoms with Crippen molar-refractivity contribution in [3.63, 3.8) is 0 Å². The molecule has 4 rings (SSSR count). The standard InChI is InChI=1S/C21H35N3O3/c1-3-26-19(25)14-6-8-15(9-7-14)23-20(22-2)24-17-16-10-13-27-18(16)21(17)11-4-5-12-21/h14-18H,3-13H2,1-2H3,(H2,22,23,24). The first-order chi connectivity index (χ1) is 13.2. The Bertz CT molecular complexity index is 565. The van der Waals surface area contributed by atoms with Crippen LogP contribution in [0.5, 0.6) is 0 Å². The molecule has 0 bridgehead atoms. The third-order valence-corrected chi connectivity index (χ3v) is 7.49. The fraction of sp³-hybridized carbons (Fsp3) is 0.905. The first-order valence-corrected chi connectivity index (χ1v) is 11.0. The van der Waals surface area contributed by atoms with Crippen LogP contribution in [0.2, 0.25) is 0 Å². The maximum atomic E-state index is 11.9. The molecule has 0 aromatic heterocycles. The van der Waals surface area contributed by atoms with Gasteiger partial charge in [0.15, 0.2) is 5.96 Å². The molecule has 3 saturated carbocycles. The molecule has 0 aromatic rings. The van der Waals surface area contributed by atoms with E-state index < -0.39 is 0 Å². The van der Waals surface area contributed by atoms with E-state index in [-0.39, 0.29) is 11.9 Å². The zero-order chi connectivity index (χ0) is 18.9. The lowest BCUT2D eigenvalue weighted by atomic mass is 9.54. The molecule has 2 N–H and O–H groups in total. The molecule has 3 unspecified atom stereocenters. The van der Waals surface area contributed by atoms with Crippen molar-refractivity contribution in [2.45, 2.75) is 82.9 Å². The number of esters is 1. The Morgan fingerprint density at radius 3 is 2.56 bits per heavy atom. The normalized spacial score (nSPS) is 37.6. The number of hydrogen-bond acceptors (Lipinski definition) is 4. The number of carbonyl (C=O) groups is 1. The van der Waals surface area contributed by atoms with Crippen molar-refractivity contribution >= 4 is 11.9 Å². The summed E-state index contributed by atoms with van der Waals surface area (Å²) in [7, 11) is 1.86. The van der Waals surface area contributed by atoms with Crippen LogP contribution in [0, 0.1) is 17.3 Å². The summed E-state index contributed by atoms with van der Waals surface area (Å²) in [5.41, 5.74) is 0.334. The second-order valence-electron chi connectivity index (χ2n) is 8.82. The number of ether oxygens (including phenoxy) is 2. The highest BCUT2D eigenvalue weighted by atomic mass is 16.5. The molecule has 1 heterocycles. The highest BCUT2D eigenvalue weighted by Gasteiger charge is 2.65. The van der Waals surface area contributed by atoms with Gasteiger partial charge in [-0.15, -0.1) is 0 Å². The molecule has 1 saturated heterocycles. The smallest absolute Gasteiger partial charge is 0.308 e. The van der Waals surface area contributed by atoms with Crippen molar-refractivity contribution in [1.82, 2.24) is 10.6 Å². The number of nitrogens with one attached hydrogen (secondary N) is 2. The van der Waals surface area contributed by atoms with Gasteiger partial charge in [-0.2, -0.15) is 0 Å². The third-order valence-electron chi connectivity index (χ3n) is 7.49. The van der Waals surface area contributed by atoms with E-state index in [9.17, 15) is 4.79 Å². The summed E-state index contributed by atoms with van der Waals surface area (Å²) in [6.07, 6.45) is 10.7. The lowest BCUT2D eigenvalue weighted by molar-refractivity contribution is -0.149. The lowest BCUT2D eigenvalue weighted by Gasteiger charge is -2.57. The van der Waals surface area contributed by atoms with Crippen LogP contribution in [-0.4, -0.2) is 50.4 Å². The molecule has 0 aromatic carbocycles. The van der Waals surface area contributed by atoms with E-state index in [4.69, 9.17) is 9.47 Å². The Morgan fingerprint density at radius 1 is 1.15 bits per heavy atom. The zero-order valence-electron chi connectivity index (χ0n) is 16.8. The minimum absolute atomic E-state index is 0.0247. The van der Waals surface area contributed by atoms with E-state index in [1.165, 1.54) is 32.1 Å². The number of nitrogens with zero attached hydrogens (tertiary/aromatic N) is 1. The molecule has 27 heavy (non-hydrogen) atoms. The van der Waals surface area contributed by atoms with Gasteiger partial charge in [-0.1, -0.05) is 12.8 Å². The summed E-state index contributed by atoms with van der Waals surface area (Å²) in [6.45, 7) is 3.26. The highest BCUT2D eigenvalue weighted by Crippen LogP contribution is 2.60. The van der Waals surface area contributed by atoms with E-state index in [0.29, 0.717) is 36.1 Å². The molecule has 0 amide bonds. The van der Waals surface area contributed by atoms with E-state index >= 15 is 0 Å². The number of guanidine groups is 1. The summed E-state index contributed by atoms with van der Waals surface area (Å²) in [5.74, 6) is 1.61. The van der Waals surface area contributed by atoms with Crippen molar-refractivity contribution in [2.75, 3.05) is 20.3 Å². The molecule has 3 atom stereocenters. The summed E-state index contributed by atoms with van der Waals surface area (Å²) >= 11 is 0. The predicted molar refractivity (Wildman–Crippen MR) is 105 cm³/mol. The van der Waals surface area contributed by atoms with Crippen LogP contribution < -0.4 is 10.6 Å². The van der Waals surface area contributed by atoms with Gasteiger partial charge in [0.2, 0.25) is 0 Å². The van der Waals surface area contributed by atoms with Crippen molar-refractivity contribution in [3.8, 4) is 0 Å². The van der Waals surface area contributed by atoms with Crippen LogP contribution in [0.25, 0.3) is 0 Å². The molecule has 4 aliphatic rings. The molecule has 4 fully saturated rings. The third kappa shape index (κ3) is 3.45. The number of hydrogen-bond donors (Lipinski definition) is 2. The van der Waals surface area contributed by atoms with Crippen molar-refractivity contribution in [3.05, 3.63) is 0 Å². The molecule has 0 radical (unpaired) electrons. The van der Waals surface area contributed by atoms with Gasteiger partial charge in [-0.05, 0) is 51.9 Å². The first kappa shape index (κ1) is 19.0. The van der Waals surface area contributed by atoms with E-state index in [0.717, 1.165) is 38.2 Å². The second kappa shape index (κ2) is 7.98. The second-order valence-corrected chi connectivity index (χ2v) is 8.82. The average Bonchev–Trinajstić information content (AvgIpc) is 3.34. The Hall–Kier alpha value is -1.30. The van der Waals surface area contributed by atoms with Crippen LogP contribution in [0.15, 0.2) is 4.99 Å². The van der Waals surface area contributed by atoms with Gasteiger partial charge < -0.3 is 20.1 Å². The molecule has 3 aliphatic carbocycles. The SMILES string of the molecule is CCOC(=O)C1CCC(NC(=NC)NC2C3CCOC3C23CCCC3)CC1. The maximum Gasteiger partial charge on any atom is 0.308 e. The molecule has 6 heteroatoms. The predicted octanol–water partition coefficient (Wildman–Crippen LogP) is 2.62. The summed E-state index contributed by atoms with van der Waals surface area (Å²) < 4.78 is 11.3. The molecule has 152 valence electrons. The molecular formula is C21H35N3O3. The first-order valence-electron chi connectivity index (χ1n) is 11.0. The number of aliphatic imine (C=N–C) groups is 1. The zero-order valence-corrected chi connectivity index (χ0v) is 16.8. The minimum Gasteiger partial charge on any atom is -0.466 e. The molecule has 6 nitrogen and oxygen atoms in total. The van der Waals surface area contributed by atoms with Gasteiger partial charge in [0.05, 0.1) is 18.6 Å². The van der Waals surface area contributed by atoms with Gasteiger partial charge in [0.25, 0.3) is 0 Å².